The number of allylic oxidation sites excluding steroid dienone is 1. The molecule has 0 radical (unpaired) electrons. The lowest BCUT2D eigenvalue weighted by atomic mass is 9.39. The molecule has 4 rings (SSSR count). The minimum atomic E-state index is -0.136. The van der Waals surface area contributed by atoms with E-state index in [1.807, 2.05) is 13.8 Å². The molecule has 2 unspecified atom stereocenters. The number of carbonyl (C=O) groups is 1. The summed E-state index contributed by atoms with van der Waals surface area (Å²) in [5.41, 5.74) is 3.21. The molecule has 0 aromatic rings. The maximum absolute atomic E-state index is 12.1. The summed E-state index contributed by atoms with van der Waals surface area (Å²) in [6.07, 6.45) is 17.9. The second kappa shape index (κ2) is 11.2. The van der Waals surface area contributed by atoms with Gasteiger partial charge >= 0.3 is 5.97 Å². The summed E-state index contributed by atoms with van der Waals surface area (Å²) in [5.74, 6) is 3.10. The molecule has 4 aliphatic carbocycles. The van der Waals surface area contributed by atoms with Crippen molar-refractivity contribution >= 4 is 5.97 Å². The van der Waals surface area contributed by atoms with Gasteiger partial charge in [0.1, 0.15) is 0 Å². The van der Waals surface area contributed by atoms with Gasteiger partial charge in [0.2, 0.25) is 0 Å². The Balaban J connectivity index is 1.45. The van der Waals surface area contributed by atoms with Crippen molar-refractivity contribution in [1.82, 2.24) is 0 Å². The lowest BCUT2D eigenvalue weighted by Crippen LogP contribution is -2.58. The molecule has 0 spiro atoms. The highest BCUT2D eigenvalue weighted by Gasteiger charge is 2.67. The van der Waals surface area contributed by atoms with Gasteiger partial charge in [-0.15, -0.1) is 0 Å². The third kappa shape index (κ3) is 5.05. The quantitative estimate of drug-likeness (QED) is 0.161. The van der Waals surface area contributed by atoms with Crippen LogP contribution in [0.4, 0.5) is 0 Å². The van der Waals surface area contributed by atoms with Crippen molar-refractivity contribution in [2.24, 2.45) is 51.2 Å². The largest absolute Gasteiger partial charge is 0.438 e. The van der Waals surface area contributed by atoms with Gasteiger partial charge in [-0.3, -0.25) is 4.79 Å². The smallest absolute Gasteiger partial charge is 0.310 e. The summed E-state index contributed by atoms with van der Waals surface area (Å²) in [6.45, 7) is 22.0. The Morgan fingerprint density at radius 1 is 0.974 bits per heavy atom. The van der Waals surface area contributed by atoms with Crippen LogP contribution < -0.4 is 0 Å². The van der Waals surface area contributed by atoms with Gasteiger partial charge in [0.05, 0.1) is 12.0 Å². The third-order valence-corrected chi connectivity index (χ3v) is 13.4. The van der Waals surface area contributed by atoms with Crippen LogP contribution in [0.3, 0.4) is 0 Å². The minimum Gasteiger partial charge on any atom is -0.438 e. The van der Waals surface area contributed by atoms with E-state index in [9.17, 15) is 4.79 Å². The van der Waals surface area contributed by atoms with Crippen molar-refractivity contribution in [3.05, 3.63) is 11.6 Å². The molecule has 0 aromatic carbocycles. The van der Waals surface area contributed by atoms with E-state index in [4.69, 9.17) is 9.47 Å². The molecule has 3 fully saturated rings. The number of ether oxygens (including phenoxy) is 2. The van der Waals surface area contributed by atoms with Crippen LogP contribution in [0.25, 0.3) is 0 Å². The van der Waals surface area contributed by atoms with E-state index in [1.165, 1.54) is 57.8 Å². The average molecular weight is 529 g/mol. The van der Waals surface area contributed by atoms with Crippen LogP contribution in [-0.4, -0.2) is 18.9 Å². The molecule has 4 aliphatic rings. The monoisotopic (exact) mass is 528 g/mol. The zero-order valence-corrected chi connectivity index (χ0v) is 26.5. The van der Waals surface area contributed by atoms with Crippen molar-refractivity contribution in [2.75, 3.05) is 6.79 Å². The SMILES string of the molecule is CCC(C)C(=O)OCOC1CC[C@@]2(C)C(=CC[C@H]3[C@]4(C)CC[C@](C)([C@H](C)CCCC(C)C)[C@H]4CC[C@@]32C)C1. The number of rotatable bonds is 10. The standard InChI is InChI=1S/C35H60O3/c1-10-25(4)31(36)38-23-37-28-16-18-34(8)27(22-28)14-15-30-33(7)21-20-32(6,26(5)13-11-12-24(2)3)29(33)17-19-35(30,34)9/h14,24-26,28-30H,10-13,15-23H2,1-9H3/t25?,26-,28?,29-,30+,32-,33-,34+,35+/m1/s1. The van der Waals surface area contributed by atoms with Crippen LogP contribution >= 0.6 is 0 Å². The summed E-state index contributed by atoms with van der Waals surface area (Å²) < 4.78 is 11.5. The van der Waals surface area contributed by atoms with Gasteiger partial charge < -0.3 is 9.47 Å². The summed E-state index contributed by atoms with van der Waals surface area (Å²) in [5, 5.41) is 0. The van der Waals surface area contributed by atoms with Gasteiger partial charge in [-0.1, -0.05) is 93.2 Å². The van der Waals surface area contributed by atoms with E-state index >= 15 is 0 Å². The van der Waals surface area contributed by atoms with E-state index in [0.29, 0.717) is 16.2 Å². The van der Waals surface area contributed by atoms with E-state index in [0.717, 1.165) is 42.9 Å². The second-order valence-corrected chi connectivity index (χ2v) is 15.5. The summed E-state index contributed by atoms with van der Waals surface area (Å²) in [7, 11) is 0. The molecule has 0 saturated heterocycles. The predicted molar refractivity (Wildman–Crippen MR) is 158 cm³/mol. The highest BCUT2D eigenvalue weighted by molar-refractivity contribution is 5.71. The molecule has 3 heteroatoms. The predicted octanol–water partition coefficient (Wildman–Crippen LogP) is 9.74. The molecular formula is C35H60O3. The second-order valence-electron chi connectivity index (χ2n) is 15.5. The Labute approximate surface area is 235 Å². The maximum atomic E-state index is 12.1. The van der Waals surface area contributed by atoms with Gasteiger partial charge in [-0.05, 0) is 103 Å². The van der Waals surface area contributed by atoms with Crippen LogP contribution in [0.2, 0.25) is 0 Å². The summed E-state index contributed by atoms with van der Waals surface area (Å²) in [4.78, 5) is 12.1. The Hall–Kier alpha value is -0.830. The molecule has 38 heavy (non-hydrogen) atoms. The van der Waals surface area contributed by atoms with Crippen LogP contribution in [-0.2, 0) is 14.3 Å². The fourth-order valence-corrected chi connectivity index (χ4v) is 10.0. The van der Waals surface area contributed by atoms with Gasteiger partial charge in [0.25, 0.3) is 0 Å². The lowest BCUT2D eigenvalue weighted by Gasteiger charge is -2.66. The highest BCUT2D eigenvalue weighted by Crippen LogP contribution is 2.75. The molecule has 0 aromatic heterocycles. The highest BCUT2D eigenvalue weighted by atomic mass is 16.7. The van der Waals surface area contributed by atoms with Crippen LogP contribution in [0.15, 0.2) is 11.6 Å². The topological polar surface area (TPSA) is 35.5 Å². The van der Waals surface area contributed by atoms with Crippen molar-refractivity contribution in [2.45, 2.75) is 145 Å². The molecule has 9 atom stereocenters. The number of hydrogen-bond donors (Lipinski definition) is 0. The van der Waals surface area contributed by atoms with Crippen LogP contribution in [0.1, 0.15) is 139 Å². The normalized spacial score (nSPS) is 42.1. The van der Waals surface area contributed by atoms with Crippen LogP contribution in [0, 0.1) is 51.2 Å². The minimum absolute atomic E-state index is 0.0526. The molecule has 0 amide bonds. The van der Waals surface area contributed by atoms with Crippen molar-refractivity contribution in [1.29, 1.82) is 0 Å². The molecule has 0 heterocycles. The van der Waals surface area contributed by atoms with Gasteiger partial charge in [0.15, 0.2) is 6.79 Å². The molecule has 0 aliphatic heterocycles. The van der Waals surface area contributed by atoms with Gasteiger partial charge in [0, 0.05) is 0 Å². The fraction of sp³-hybridized carbons (Fsp3) is 0.914. The Bertz CT molecular complexity index is 876. The van der Waals surface area contributed by atoms with Crippen molar-refractivity contribution < 1.29 is 14.3 Å². The number of carbonyl (C=O) groups excluding carboxylic acids is 1. The summed E-state index contributed by atoms with van der Waals surface area (Å²) >= 11 is 0. The van der Waals surface area contributed by atoms with Crippen molar-refractivity contribution in [3.63, 3.8) is 0 Å². The molecule has 218 valence electrons. The zero-order chi connectivity index (χ0) is 27.9. The Kier molecular flexibility index (Phi) is 8.89. The van der Waals surface area contributed by atoms with Gasteiger partial charge in [-0.25, -0.2) is 0 Å². The summed E-state index contributed by atoms with van der Waals surface area (Å²) in [6, 6.07) is 0. The molecular weight excluding hydrogens is 468 g/mol. The first-order valence-corrected chi connectivity index (χ1v) is 16.3. The first kappa shape index (κ1) is 30.1. The van der Waals surface area contributed by atoms with Gasteiger partial charge in [-0.2, -0.15) is 0 Å². The van der Waals surface area contributed by atoms with E-state index in [-0.39, 0.29) is 30.2 Å². The molecule has 3 saturated carbocycles. The van der Waals surface area contributed by atoms with Crippen LogP contribution in [0.5, 0.6) is 0 Å². The Morgan fingerprint density at radius 3 is 2.39 bits per heavy atom. The first-order valence-electron chi connectivity index (χ1n) is 16.3. The zero-order valence-electron chi connectivity index (χ0n) is 26.5. The molecule has 0 bridgehead atoms. The van der Waals surface area contributed by atoms with E-state index in [1.54, 1.807) is 5.57 Å². The Morgan fingerprint density at radius 2 is 1.71 bits per heavy atom. The number of hydrogen-bond acceptors (Lipinski definition) is 3. The molecule has 3 nitrogen and oxygen atoms in total. The average Bonchev–Trinajstić information content (AvgIpc) is 3.15. The number of esters is 1. The van der Waals surface area contributed by atoms with E-state index < -0.39 is 0 Å². The maximum Gasteiger partial charge on any atom is 0.310 e. The van der Waals surface area contributed by atoms with Crippen molar-refractivity contribution in [3.8, 4) is 0 Å². The third-order valence-electron chi connectivity index (χ3n) is 13.4. The number of fused-ring (bicyclic) bond motifs is 5. The first-order chi connectivity index (χ1) is 17.8. The fourth-order valence-electron chi connectivity index (χ4n) is 10.0. The molecule has 0 N–H and O–H groups in total. The lowest BCUT2D eigenvalue weighted by molar-refractivity contribution is -0.170. The van der Waals surface area contributed by atoms with E-state index in [2.05, 4.69) is 54.5 Å².